The van der Waals surface area contributed by atoms with E-state index in [1.165, 1.54) is 6.08 Å². The summed E-state index contributed by atoms with van der Waals surface area (Å²) in [5, 5.41) is 8.71. The van der Waals surface area contributed by atoms with Crippen LogP contribution in [0.15, 0.2) is 103 Å². The van der Waals surface area contributed by atoms with Gasteiger partial charge >= 0.3 is 0 Å². The number of amides is 1. The number of sulfonamides is 1. The van der Waals surface area contributed by atoms with Crippen molar-refractivity contribution in [1.29, 1.82) is 0 Å². The zero-order chi connectivity index (χ0) is 24.5. The summed E-state index contributed by atoms with van der Waals surface area (Å²) in [7, 11) is -3.64. The van der Waals surface area contributed by atoms with Crippen molar-refractivity contribution in [2.75, 3.05) is 6.54 Å². The number of para-hydroxylation sites is 1. The second-order valence-corrected chi connectivity index (χ2v) is 9.48. The summed E-state index contributed by atoms with van der Waals surface area (Å²) in [4.78, 5) is 12.4. The molecule has 8 heteroatoms. The van der Waals surface area contributed by atoms with Crippen molar-refractivity contribution in [1.82, 2.24) is 19.8 Å². The zero-order valence-corrected chi connectivity index (χ0v) is 19.9. The van der Waals surface area contributed by atoms with Gasteiger partial charge in [0.1, 0.15) is 0 Å². The van der Waals surface area contributed by atoms with Crippen molar-refractivity contribution in [3.05, 3.63) is 114 Å². The molecule has 2 N–H and O–H groups in total. The SMILES string of the molecule is O=C(CCNS(=O)(=O)/C=C/c1ccccc1)NCc1cn(-c2ccccc2)nc1-c1ccccc1. The predicted molar refractivity (Wildman–Crippen MR) is 138 cm³/mol. The lowest BCUT2D eigenvalue weighted by atomic mass is 10.1. The minimum atomic E-state index is -3.64. The molecule has 0 unspecified atom stereocenters. The minimum Gasteiger partial charge on any atom is -0.352 e. The van der Waals surface area contributed by atoms with Gasteiger partial charge in [-0.3, -0.25) is 4.79 Å². The highest BCUT2D eigenvalue weighted by Gasteiger charge is 2.14. The molecule has 1 heterocycles. The van der Waals surface area contributed by atoms with Crippen LogP contribution in [0.4, 0.5) is 0 Å². The Bertz CT molecular complexity index is 1380. The molecule has 0 saturated heterocycles. The van der Waals surface area contributed by atoms with Gasteiger partial charge in [-0.2, -0.15) is 5.10 Å². The quantitative estimate of drug-likeness (QED) is 0.352. The van der Waals surface area contributed by atoms with Gasteiger partial charge in [0.25, 0.3) is 0 Å². The molecule has 0 bridgehead atoms. The highest BCUT2D eigenvalue weighted by atomic mass is 32.2. The maximum absolute atomic E-state index is 12.4. The molecule has 1 amide bonds. The molecule has 4 rings (SSSR count). The molecule has 0 atom stereocenters. The highest BCUT2D eigenvalue weighted by Crippen LogP contribution is 2.23. The first kappa shape index (κ1) is 24.1. The van der Waals surface area contributed by atoms with Crippen LogP contribution in [-0.4, -0.2) is 30.7 Å². The van der Waals surface area contributed by atoms with Crippen LogP contribution in [-0.2, 0) is 21.4 Å². The first-order valence-electron chi connectivity index (χ1n) is 11.2. The third-order valence-electron chi connectivity index (χ3n) is 5.23. The maximum Gasteiger partial charge on any atom is 0.233 e. The fraction of sp³-hybridized carbons (Fsp3) is 0.111. The van der Waals surface area contributed by atoms with Crippen molar-refractivity contribution < 1.29 is 13.2 Å². The largest absolute Gasteiger partial charge is 0.352 e. The van der Waals surface area contributed by atoms with Gasteiger partial charge in [-0.15, -0.1) is 0 Å². The van der Waals surface area contributed by atoms with E-state index in [2.05, 4.69) is 10.0 Å². The lowest BCUT2D eigenvalue weighted by molar-refractivity contribution is -0.121. The summed E-state index contributed by atoms with van der Waals surface area (Å²) >= 11 is 0. The molecule has 0 radical (unpaired) electrons. The van der Waals surface area contributed by atoms with Crippen molar-refractivity contribution in [3.8, 4) is 16.9 Å². The molecule has 0 aliphatic carbocycles. The fourth-order valence-electron chi connectivity index (χ4n) is 3.46. The van der Waals surface area contributed by atoms with Crippen LogP contribution in [0.2, 0.25) is 0 Å². The predicted octanol–water partition coefficient (Wildman–Crippen LogP) is 4.14. The number of hydrogen-bond acceptors (Lipinski definition) is 4. The molecule has 7 nitrogen and oxygen atoms in total. The number of hydrogen-bond donors (Lipinski definition) is 2. The number of carbonyl (C=O) groups is 1. The molecule has 0 saturated carbocycles. The summed E-state index contributed by atoms with van der Waals surface area (Å²) in [5.74, 6) is -0.258. The number of carbonyl (C=O) groups excluding carboxylic acids is 1. The van der Waals surface area contributed by atoms with E-state index in [0.29, 0.717) is 0 Å². The van der Waals surface area contributed by atoms with E-state index in [0.717, 1.165) is 33.5 Å². The van der Waals surface area contributed by atoms with E-state index in [-0.39, 0.29) is 25.4 Å². The summed E-state index contributed by atoms with van der Waals surface area (Å²) in [6.45, 7) is 0.276. The third kappa shape index (κ3) is 6.99. The van der Waals surface area contributed by atoms with E-state index in [1.807, 2.05) is 97.2 Å². The Kier molecular flexibility index (Phi) is 7.87. The van der Waals surface area contributed by atoms with Gasteiger partial charge in [-0.25, -0.2) is 17.8 Å². The van der Waals surface area contributed by atoms with E-state index < -0.39 is 10.0 Å². The van der Waals surface area contributed by atoms with E-state index in [1.54, 1.807) is 4.68 Å². The smallest absolute Gasteiger partial charge is 0.233 e. The molecule has 35 heavy (non-hydrogen) atoms. The molecule has 0 spiro atoms. The normalized spacial score (nSPS) is 11.5. The number of aromatic nitrogens is 2. The number of nitrogens with zero attached hydrogens (tertiary/aromatic N) is 2. The van der Waals surface area contributed by atoms with E-state index in [4.69, 9.17) is 5.10 Å². The Morgan fingerprint density at radius 2 is 1.51 bits per heavy atom. The Hall–Kier alpha value is -4.01. The second kappa shape index (κ2) is 11.4. The molecule has 4 aromatic rings. The van der Waals surface area contributed by atoms with Crippen LogP contribution in [0.25, 0.3) is 23.0 Å². The molecular formula is C27H26N4O3S. The van der Waals surface area contributed by atoms with Crippen molar-refractivity contribution in [3.63, 3.8) is 0 Å². The lowest BCUT2D eigenvalue weighted by Crippen LogP contribution is -2.29. The Labute approximate surface area is 205 Å². The number of rotatable bonds is 10. The number of benzene rings is 3. The first-order valence-corrected chi connectivity index (χ1v) is 12.7. The average molecular weight is 487 g/mol. The molecule has 0 aliphatic heterocycles. The van der Waals surface area contributed by atoms with Gasteiger partial charge in [0.2, 0.25) is 15.9 Å². The van der Waals surface area contributed by atoms with Gasteiger partial charge in [-0.1, -0.05) is 78.9 Å². The maximum atomic E-state index is 12.4. The van der Waals surface area contributed by atoms with Crippen LogP contribution in [0.3, 0.4) is 0 Å². The van der Waals surface area contributed by atoms with Crippen molar-refractivity contribution >= 4 is 22.0 Å². The van der Waals surface area contributed by atoms with Gasteiger partial charge in [0, 0.05) is 42.2 Å². The molecule has 0 fully saturated rings. The van der Waals surface area contributed by atoms with Crippen LogP contribution >= 0.6 is 0 Å². The molecule has 0 aliphatic rings. The summed E-state index contributed by atoms with van der Waals surface area (Å²) in [6.07, 6.45) is 3.43. The van der Waals surface area contributed by atoms with E-state index >= 15 is 0 Å². The zero-order valence-electron chi connectivity index (χ0n) is 19.0. The van der Waals surface area contributed by atoms with Gasteiger partial charge in [0.15, 0.2) is 0 Å². The molecular weight excluding hydrogens is 460 g/mol. The van der Waals surface area contributed by atoms with Gasteiger partial charge < -0.3 is 5.32 Å². The monoisotopic (exact) mass is 486 g/mol. The van der Waals surface area contributed by atoms with Crippen LogP contribution in [0.1, 0.15) is 17.5 Å². The molecule has 3 aromatic carbocycles. The average Bonchev–Trinajstić information content (AvgIpc) is 3.32. The highest BCUT2D eigenvalue weighted by molar-refractivity contribution is 7.92. The van der Waals surface area contributed by atoms with Gasteiger partial charge in [0.05, 0.1) is 11.4 Å². The summed E-state index contributed by atoms with van der Waals surface area (Å²) in [5.41, 5.74) is 4.28. The third-order valence-corrected chi connectivity index (χ3v) is 6.33. The topological polar surface area (TPSA) is 93.1 Å². The number of nitrogens with one attached hydrogen (secondary N) is 2. The van der Waals surface area contributed by atoms with E-state index in [9.17, 15) is 13.2 Å². The summed E-state index contributed by atoms with van der Waals surface area (Å²) < 4.78 is 28.5. The fourth-order valence-corrected chi connectivity index (χ4v) is 4.28. The first-order chi connectivity index (χ1) is 17.0. The van der Waals surface area contributed by atoms with Crippen LogP contribution in [0.5, 0.6) is 0 Å². The van der Waals surface area contributed by atoms with Crippen molar-refractivity contribution in [2.24, 2.45) is 0 Å². The Morgan fingerprint density at radius 1 is 0.886 bits per heavy atom. The standard InChI is InChI=1S/C27H26N4O3S/c32-26(16-18-29-35(33,34)19-17-22-10-4-1-5-11-22)28-20-24-21-31(25-14-8-3-9-15-25)30-27(24)23-12-6-2-7-13-23/h1-15,17,19,21,29H,16,18,20H2,(H,28,32)/b19-17+. The van der Waals surface area contributed by atoms with Crippen LogP contribution < -0.4 is 10.0 Å². The Morgan fingerprint density at radius 3 is 2.20 bits per heavy atom. The van der Waals surface area contributed by atoms with Crippen molar-refractivity contribution in [2.45, 2.75) is 13.0 Å². The van der Waals surface area contributed by atoms with Gasteiger partial charge in [-0.05, 0) is 23.8 Å². The second-order valence-electron chi connectivity index (χ2n) is 7.83. The molecule has 178 valence electrons. The Balaban J connectivity index is 1.36. The van der Waals surface area contributed by atoms with Crippen LogP contribution in [0, 0.1) is 0 Å². The lowest BCUT2D eigenvalue weighted by Gasteiger charge is -2.06. The summed E-state index contributed by atoms with van der Waals surface area (Å²) in [6, 6.07) is 28.7. The molecule has 1 aromatic heterocycles. The minimum absolute atomic E-state index is 0.00210.